The summed E-state index contributed by atoms with van der Waals surface area (Å²) < 4.78 is 19.7. The molecule has 4 heteroatoms. The fourth-order valence-corrected chi connectivity index (χ4v) is 3.08. The summed E-state index contributed by atoms with van der Waals surface area (Å²) in [6.45, 7) is 0.890. The second-order valence-electron chi connectivity index (χ2n) is 5.15. The van der Waals surface area contributed by atoms with Gasteiger partial charge in [0, 0.05) is 17.1 Å². The van der Waals surface area contributed by atoms with Crippen molar-refractivity contribution in [3.63, 3.8) is 0 Å². The average Bonchev–Trinajstić information content (AvgIpc) is 2.42. The number of benzene rings is 1. The summed E-state index contributed by atoms with van der Waals surface area (Å²) in [5.74, 6) is -0.202. The van der Waals surface area contributed by atoms with Crippen LogP contribution in [0.1, 0.15) is 31.2 Å². The molecule has 1 aliphatic rings. The number of halogens is 2. The molecule has 106 valence electrons. The molecule has 19 heavy (non-hydrogen) atoms. The Kier molecular flexibility index (Phi) is 5.79. The molecule has 0 amide bonds. The summed E-state index contributed by atoms with van der Waals surface area (Å²) in [4.78, 5) is 0. The van der Waals surface area contributed by atoms with Gasteiger partial charge in [-0.25, -0.2) is 4.39 Å². The van der Waals surface area contributed by atoms with Crippen LogP contribution in [0.5, 0.6) is 0 Å². The molecule has 1 aromatic rings. The molecule has 1 heterocycles. The number of rotatable bonds is 5. The minimum Gasteiger partial charge on any atom is -0.378 e. The Bertz CT molecular complexity index is 407. The lowest BCUT2D eigenvalue weighted by atomic mass is 9.97. The van der Waals surface area contributed by atoms with Crippen molar-refractivity contribution in [2.75, 3.05) is 13.7 Å². The smallest absolute Gasteiger partial charge is 0.124 e. The molecule has 0 aliphatic carbocycles. The van der Waals surface area contributed by atoms with Gasteiger partial charge >= 0.3 is 0 Å². The van der Waals surface area contributed by atoms with E-state index in [1.54, 1.807) is 0 Å². The third-order valence-electron chi connectivity index (χ3n) is 3.71. The molecule has 0 bridgehead atoms. The number of ether oxygens (including phenoxy) is 1. The molecular weight excluding hydrogens is 309 g/mol. The lowest BCUT2D eigenvalue weighted by Crippen LogP contribution is -2.34. The molecule has 0 radical (unpaired) electrons. The zero-order chi connectivity index (χ0) is 13.7. The molecule has 2 nitrogen and oxygen atoms in total. The van der Waals surface area contributed by atoms with Gasteiger partial charge in [-0.3, -0.25) is 0 Å². The van der Waals surface area contributed by atoms with Crippen LogP contribution in [-0.4, -0.2) is 25.8 Å². The van der Waals surface area contributed by atoms with E-state index < -0.39 is 0 Å². The van der Waals surface area contributed by atoms with Gasteiger partial charge in [0.15, 0.2) is 0 Å². The van der Waals surface area contributed by atoms with Gasteiger partial charge < -0.3 is 10.1 Å². The number of hydrogen-bond acceptors (Lipinski definition) is 2. The first kappa shape index (κ1) is 14.9. The Hall–Kier alpha value is -0.450. The van der Waals surface area contributed by atoms with E-state index in [-0.39, 0.29) is 5.82 Å². The van der Waals surface area contributed by atoms with Crippen LogP contribution in [0.3, 0.4) is 0 Å². The summed E-state index contributed by atoms with van der Waals surface area (Å²) >= 11 is 3.43. The number of likely N-dealkylation sites (N-methyl/N-ethyl adjacent to an activating group) is 1. The maximum Gasteiger partial charge on any atom is 0.124 e. The van der Waals surface area contributed by atoms with Gasteiger partial charge in [-0.2, -0.15) is 0 Å². The summed E-state index contributed by atoms with van der Waals surface area (Å²) in [5.41, 5.74) is 1.14. The van der Waals surface area contributed by atoms with Crippen LogP contribution in [0.25, 0.3) is 0 Å². The maximum atomic E-state index is 13.1. The van der Waals surface area contributed by atoms with E-state index in [0.717, 1.165) is 35.9 Å². The third kappa shape index (κ3) is 4.55. The monoisotopic (exact) mass is 329 g/mol. The van der Waals surface area contributed by atoms with Gasteiger partial charge in [0.05, 0.1) is 6.10 Å². The predicted molar refractivity (Wildman–Crippen MR) is 78.9 cm³/mol. The van der Waals surface area contributed by atoms with Gasteiger partial charge in [-0.15, -0.1) is 0 Å². The highest BCUT2D eigenvalue weighted by Crippen LogP contribution is 2.23. The molecule has 1 saturated heterocycles. The van der Waals surface area contributed by atoms with Gasteiger partial charge in [0.25, 0.3) is 0 Å². The number of hydrogen-bond donors (Lipinski definition) is 1. The van der Waals surface area contributed by atoms with E-state index in [1.165, 1.54) is 25.0 Å². The minimum atomic E-state index is -0.202. The fourth-order valence-electron chi connectivity index (χ4n) is 2.57. The summed E-state index contributed by atoms with van der Waals surface area (Å²) in [7, 11) is 1.98. The summed E-state index contributed by atoms with van der Waals surface area (Å²) in [6, 6.07) is 5.26. The van der Waals surface area contributed by atoms with E-state index in [9.17, 15) is 4.39 Å². The van der Waals surface area contributed by atoms with Gasteiger partial charge in [-0.1, -0.05) is 22.0 Å². The molecule has 0 aromatic heterocycles. The van der Waals surface area contributed by atoms with Crippen molar-refractivity contribution in [3.8, 4) is 0 Å². The molecule has 1 aromatic carbocycles. The number of nitrogens with one attached hydrogen (secondary N) is 1. The Morgan fingerprint density at radius 1 is 1.47 bits per heavy atom. The molecular formula is C15H21BrFNO. The van der Waals surface area contributed by atoms with Crippen molar-refractivity contribution in [2.45, 2.75) is 44.2 Å². The molecule has 2 unspecified atom stereocenters. The Morgan fingerprint density at radius 2 is 2.32 bits per heavy atom. The highest BCUT2D eigenvalue weighted by Gasteiger charge is 2.19. The normalized spacial score (nSPS) is 21.3. The van der Waals surface area contributed by atoms with Crippen molar-refractivity contribution >= 4 is 15.9 Å². The minimum absolute atomic E-state index is 0.202. The van der Waals surface area contributed by atoms with E-state index in [2.05, 4.69) is 21.2 Å². The Morgan fingerprint density at radius 3 is 2.95 bits per heavy atom. The maximum absolute atomic E-state index is 13.1. The van der Waals surface area contributed by atoms with Gasteiger partial charge in [0.2, 0.25) is 0 Å². The predicted octanol–water partition coefficient (Wildman–Crippen LogP) is 3.68. The Balaban J connectivity index is 1.94. The first-order chi connectivity index (χ1) is 9.19. The molecule has 0 spiro atoms. The molecule has 2 atom stereocenters. The zero-order valence-corrected chi connectivity index (χ0v) is 12.9. The van der Waals surface area contributed by atoms with Crippen LogP contribution in [0.4, 0.5) is 4.39 Å². The molecule has 1 fully saturated rings. The lowest BCUT2D eigenvalue weighted by Gasteiger charge is -2.27. The van der Waals surface area contributed by atoms with E-state index in [0.29, 0.717) is 12.1 Å². The van der Waals surface area contributed by atoms with E-state index in [1.807, 2.05) is 13.1 Å². The van der Waals surface area contributed by atoms with Crippen molar-refractivity contribution in [2.24, 2.45) is 0 Å². The Labute approximate surface area is 122 Å². The largest absolute Gasteiger partial charge is 0.378 e. The van der Waals surface area contributed by atoms with Crippen LogP contribution >= 0.6 is 15.9 Å². The highest BCUT2D eigenvalue weighted by atomic mass is 79.9. The van der Waals surface area contributed by atoms with Crippen LogP contribution in [0.15, 0.2) is 22.7 Å². The highest BCUT2D eigenvalue weighted by molar-refractivity contribution is 9.10. The van der Waals surface area contributed by atoms with Crippen LogP contribution in [0.2, 0.25) is 0 Å². The second-order valence-corrected chi connectivity index (χ2v) is 6.00. The van der Waals surface area contributed by atoms with E-state index >= 15 is 0 Å². The van der Waals surface area contributed by atoms with Crippen LogP contribution < -0.4 is 5.32 Å². The van der Waals surface area contributed by atoms with Crippen molar-refractivity contribution in [1.82, 2.24) is 5.32 Å². The topological polar surface area (TPSA) is 21.3 Å². The molecule has 0 saturated carbocycles. The molecule has 1 N–H and O–H groups in total. The molecule has 1 aliphatic heterocycles. The first-order valence-corrected chi connectivity index (χ1v) is 7.71. The van der Waals surface area contributed by atoms with E-state index in [4.69, 9.17) is 4.74 Å². The van der Waals surface area contributed by atoms with Gasteiger partial charge in [0.1, 0.15) is 5.82 Å². The quantitative estimate of drug-likeness (QED) is 0.889. The SMILES string of the molecule is CNC(Cc1ccc(F)cc1Br)CC1CCCCO1. The molecule has 2 rings (SSSR count). The zero-order valence-electron chi connectivity index (χ0n) is 11.3. The third-order valence-corrected chi connectivity index (χ3v) is 4.45. The van der Waals surface area contributed by atoms with Crippen LogP contribution in [-0.2, 0) is 11.2 Å². The van der Waals surface area contributed by atoms with Crippen molar-refractivity contribution < 1.29 is 9.13 Å². The summed E-state index contributed by atoms with van der Waals surface area (Å²) in [5, 5.41) is 3.35. The second kappa shape index (κ2) is 7.36. The van der Waals surface area contributed by atoms with Crippen LogP contribution in [0, 0.1) is 5.82 Å². The first-order valence-electron chi connectivity index (χ1n) is 6.92. The summed E-state index contributed by atoms with van der Waals surface area (Å²) in [6.07, 6.45) is 5.87. The van der Waals surface area contributed by atoms with Crippen molar-refractivity contribution in [3.05, 3.63) is 34.1 Å². The average molecular weight is 330 g/mol. The lowest BCUT2D eigenvalue weighted by molar-refractivity contribution is 0.00568. The standard InChI is InChI=1S/C15H21BrFNO/c1-18-13(10-14-4-2-3-7-19-14)8-11-5-6-12(17)9-15(11)16/h5-6,9,13-14,18H,2-4,7-8,10H2,1H3. The van der Waals surface area contributed by atoms with Crippen molar-refractivity contribution in [1.29, 1.82) is 0 Å². The van der Waals surface area contributed by atoms with Gasteiger partial charge in [-0.05, 0) is 56.8 Å². The fraction of sp³-hybridized carbons (Fsp3) is 0.600.